The van der Waals surface area contributed by atoms with Crippen molar-refractivity contribution in [2.75, 3.05) is 26.7 Å². The number of ether oxygens (including phenoxy) is 1. The average Bonchev–Trinajstić information content (AvgIpc) is 3.50. The smallest absolute Gasteiger partial charge is 0.255 e. The van der Waals surface area contributed by atoms with Crippen LogP contribution in [0.1, 0.15) is 47.8 Å². The van der Waals surface area contributed by atoms with Crippen LogP contribution in [0.5, 0.6) is 5.75 Å². The Morgan fingerprint density at radius 1 is 1.23 bits per heavy atom. The van der Waals surface area contributed by atoms with Crippen LogP contribution in [0.3, 0.4) is 0 Å². The zero-order chi connectivity index (χ0) is 20.7. The van der Waals surface area contributed by atoms with Crippen LogP contribution < -0.4 is 10.3 Å². The van der Waals surface area contributed by atoms with Gasteiger partial charge in [-0.2, -0.15) is 0 Å². The van der Waals surface area contributed by atoms with Crippen molar-refractivity contribution in [3.05, 3.63) is 57.3 Å². The molecule has 1 atom stereocenters. The number of nitrogens with one attached hydrogen (secondary N) is 1. The molecule has 1 amide bonds. The average molecular weight is 409 g/mol. The highest BCUT2D eigenvalue weighted by Gasteiger charge is 2.37. The first-order valence-corrected chi connectivity index (χ1v) is 10.9. The molecule has 2 aromatic rings. The van der Waals surface area contributed by atoms with Crippen LogP contribution >= 0.6 is 0 Å². The van der Waals surface area contributed by atoms with Crippen LogP contribution in [0.4, 0.5) is 0 Å². The van der Waals surface area contributed by atoms with E-state index in [4.69, 9.17) is 9.72 Å². The molecule has 0 spiro atoms. The summed E-state index contributed by atoms with van der Waals surface area (Å²) in [6, 6.07) is 8.00. The summed E-state index contributed by atoms with van der Waals surface area (Å²) >= 11 is 0. The van der Waals surface area contributed by atoms with Gasteiger partial charge in [-0.05, 0) is 25.3 Å². The van der Waals surface area contributed by atoms with E-state index in [0.29, 0.717) is 13.1 Å². The Bertz CT molecular complexity index is 1010. The van der Waals surface area contributed by atoms with Crippen LogP contribution in [0.15, 0.2) is 29.1 Å². The minimum Gasteiger partial charge on any atom is -0.496 e. The standard InChI is InChI=1S/C23H28N4O3/c1-30-20-5-3-2-4-16(20)12-26-10-9-19-18(14-26)22(28)25-21(24-19)17-8-11-27(13-17)23(29)15-6-7-15/h2-5,15,17H,6-14H2,1H3,(H,24,25,28)/t17-/m0/s1. The highest BCUT2D eigenvalue weighted by Crippen LogP contribution is 2.34. The number of aromatic nitrogens is 2. The van der Waals surface area contributed by atoms with E-state index in [1.807, 2.05) is 23.1 Å². The van der Waals surface area contributed by atoms with Gasteiger partial charge in [0.1, 0.15) is 11.6 Å². The van der Waals surface area contributed by atoms with Crippen LogP contribution in [0.25, 0.3) is 0 Å². The monoisotopic (exact) mass is 408 g/mol. The van der Waals surface area contributed by atoms with E-state index in [2.05, 4.69) is 16.0 Å². The van der Waals surface area contributed by atoms with E-state index in [9.17, 15) is 9.59 Å². The number of para-hydroxylation sites is 1. The number of fused-ring (bicyclic) bond motifs is 1. The number of methoxy groups -OCH3 is 1. The van der Waals surface area contributed by atoms with Gasteiger partial charge >= 0.3 is 0 Å². The minimum absolute atomic E-state index is 0.0355. The van der Waals surface area contributed by atoms with E-state index in [1.54, 1.807) is 7.11 Å². The molecule has 7 heteroatoms. The third kappa shape index (κ3) is 3.74. The molecule has 0 bridgehead atoms. The van der Waals surface area contributed by atoms with E-state index in [-0.39, 0.29) is 23.3 Å². The third-order valence-corrected chi connectivity index (χ3v) is 6.57. The van der Waals surface area contributed by atoms with Crippen molar-refractivity contribution in [1.82, 2.24) is 19.8 Å². The van der Waals surface area contributed by atoms with Crippen molar-refractivity contribution in [3.8, 4) is 5.75 Å². The van der Waals surface area contributed by atoms with Crippen LogP contribution in [-0.2, 0) is 24.3 Å². The van der Waals surface area contributed by atoms with Crippen molar-refractivity contribution in [2.24, 2.45) is 5.92 Å². The molecule has 1 aliphatic carbocycles. The maximum Gasteiger partial charge on any atom is 0.255 e. The number of hydrogen-bond donors (Lipinski definition) is 1. The fraction of sp³-hybridized carbons (Fsp3) is 0.522. The lowest BCUT2D eigenvalue weighted by Crippen LogP contribution is -2.36. The molecule has 158 valence electrons. The molecular formula is C23H28N4O3. The molecule has 1 saturated carbocycles. The Hall–Kier alpha value is -2.67. The Morgan fingerprint density at radius 3 is 2.87 bits per heavy atom. The number of benzene rings is 1. The molecule has 7 nitrogen and oxygen atoms in total. The van der Waals surface area contributed by atoms with Gasteiger partial charge in [-0.25, -0.2) is 4.98 Å². The Labute approximate surface area is 176 Å². The lowest BCUT2D eigenvalue weighted by molar-refractivity contribution is -0.131. The quantitative estimate of drug-likeness (QED) is 0.819. The van der Waals surface area contributed by atoms with Gasteiger partial charge in [0.05, 0.1) is 18.4 Å². The topological polar surface area (TPSA) is 78.5 Å². The molecule has 3 heterocycles. The van der Waals surface area contributed by atoms with Crippen LogP contribution in [-0.4, -0.2) is 52.4 Å². The molecule has 0 unspecified atom stereocenters. The first-order valence-electron chi connectivity index (χ1n) is 10.9. The molecule has 1 aromatic heterocycles. The molecule has 1 N–H and O–H groups in total. The molecule has 5 rings (SSSR count). The maximum absolute atomic E-state index is 12.9. The van der Waals surface area contributed by atoms with Crippen molar-refractivity contribution in [2.45, 2.75) is 44.7 Å². The molecule has 30 heavy (non-hydrogen) atoms. The second-order valence-electron chi connectivity index (χ2n) is 8.69. The molecule has 0 radical (unpaired) electrons. The summed E-state index contributed by atoms with van der Waals surface area (Å²) in [4.78, 5) is 37.3. The predicted molar refractivity (Wildman–Crippen MR) is 112 cm³/mol. The zero-order valence-electron chi connectivity index (χ0n) is 17.4. The first-order chi connectivity index (χ1) is 14.6. The fourth-order valence-corrected chi connectivity index (χ4v) is 4.68. The van der Waals surface area contributed by atoms with Crippen molar-refractivity contribution < 1.29 is 9.53 Å². The number of nitrogens with zero attached hydrogens (tertiary/aromatic N) is 3. The summed E-state index contributed by atoms with van der Waals surface area (Å²) in [6.07, 6.45) is 3.69. The van der Waals surface area contributed by atoms with Crippen LogP contribution in [0.2, 0.25) is 0 Å². The number of amides is 1. The van der Waals surface area contributed by atoms with E-state index in [0.717, 1.165) is 73.7 Å². The number of aromatic amines is 1. The van der Waals surface area contributed by atoms with Gasteiger partial charge in [0.2, 0.25) is 5.91 Å². The summed E-state index contributed by atoms with van der Waals surface area (Å²) in [7, 11) is 1.68. The first kappa shape index (κ1) is 19.3. The van der Waals surface area contributed by atoms with Crippen LogP contribution in [0, 0.1) is 5.92 Å². The van der Waals surface area contributed by atoms with Crippen molar-refractivity contribution >= 4 is 5.91 Å². The SMILES string of the molecule is COc1ccccc1CN1CCc2nc([C@H]3CCN(C(=O)C4CC4)C3)[nH]c(=O)c2C1. The molecule has 1 aromatic carbocycles. The summed E-state index contributed by atoms with van der Waals surface area (Å²) in [5, 5.41) is 0. The lowest BCUT2D eigenvalue weighted by Gasteiger charge is -2.28. The highest BCUT2D eigenvalue weighted by molar-refractivity contribution is 5.81. The number of H-pyrrole nitrogens is 1. The number of carbonyl (C=O) groups excluding carboxylic acids is 1. The van der Waals surface area contributed by atoms with Crippen molar-refractivity contribution in [3.63, 3.8) is 0 Å². The van der Waals surface area contributed by atoms with Gasteiger partial charge in [-0.3, -0.25) is 14.5 Å². The molecule has 2 aliphatic heterocycles. The third-order valence-electron chi connectivity index (χ3n) is 6.57. The summed E-state index contributed by atoms with van der Waals surface area (Å²) < 4.78 is 5.46. The molecular weight excluding hydrogens is 380 g/mol. The molecule has 3 aliphatic rings. The number of carbonyl (C=O) groups is 1. The fourth-order valence-electron chi connectivity index (χ4n) is 4.68. The second-order valence-corrected chi connectivity index (χ2v) is 8.69. The molecule has 2 fully saturated rings. The van der Waals surface area contributed by atoms with E-state index in [1.165, 1.54) is 0 Å². The summed E-state index contributed by atoms with van der Waals surface area (Å²) in [6.45, 7) is 3.64. The zero-order valence-corrected chi connectivity index (χ0v) is 17.4. The lowest BCUT2D eigenvalue weighted by atomic mass is 10.0. The van der Waals surface area contributed by atoms with Gasteiger partial charge in [0.15, 0.2) is 0 Å². The number of rotatable bonds is 5. The predicted octanol–water partition coefficient (Wildman–Crippen LogP) is 2.06. The number of hydrogen-bond acceptors (Lipinski definition) is 5. The van der Waals surface area contributed by atoms with Gasteiger partial charge in [0.25, 0.3) is 5.56 Å². The Morgan fingerprint density at radius 2 is 2.07 bits per heavy atom. The largest absolute Gasteiger partial charge is 0.496 e. The molecule has 1 saturated heterocycles. The maximum atomic E-state index is 12.9. The highest BCUT2D eigenvalue weighted by atomic mass is 16.5. The Balaban J connectivity index is 1.30. The van der Waals surface area contributed by atoms with Gasteiger partial charge in [-0.1, -0.05) is 18.2 Å². The summed E-state index contributed by atoms with van der Waals surface area (Å²) in [5.74, 6) is 2.29. The van der Waals surface area contributed by atoms with Gasteiger partial charge < -0.3 is 14.6 Å². The number of likely N-dealkylation sites (tertiary alicyclic amines) is 1. The minimum atomic E-state index is -0.0355. The van der Waals surface area contributed by atoms with E-state index < -0.39 is 0 Å². The van der Waals surface area contributed by atoms with Gasteiger partial charge in [-0.15, -0.1) is 0 Å². The normalized spacial score (nSPS) is 21.5. The van der Waals surface area contributed by atoms with E-state index >= 15 is 0 Å². The second kappa shape index (κ2) is 7.87. The summed E-state index contributed by atoms with van der Waals surface area (Å²) in [5.41, 5.74) is 2.77. The van der Waals surface area contributed by atoms with Crippen molar-refractivity contribution in [1.29, 1.82) is 0 Å². The Kier molecular flexibility index (Phi) is 5.06. The van der Waals surface area contributed by atoms with Gasteiger partial charge in [0, 0.05) is 56.5 Å².